The van der Waals surface area contributed by atoms with Gasteiger partial charge in [-0.25, -0.2) is 0 Å². The Hall–Kier alpha value is -2.17. The zero-order valence-electron chi connectivity index (χ0n) is 35.7. The Morgan fingerprint density at radius 2 is 1.60 bits per heavy atom. The Balaban J connectivity index is 1.60. The number of hydrogen-bond donors (Lipinski definition) is 1. The van der Waals surface area contributed by atoms with Crippen LogP contribution in [0.25, 0.3) is 6.08 Å². The summed E-state index contributed by atoms with van der Waals surface area (Å²) in [5.74, 6) is 1.05. The number of aryl methyl sites for hydroxylation is 1. The molecule has 294 valence electrons. The summed E-state index contributed by atoms with van der Waals surface area (Å²) in [4.78, 5) is 19.3. The van der Waals surface area contributed by atoms with Crippen LogP contribution in [0.15, 0.2) is 48.5 Å². The van der Waals surface area contributed by atoms with Crippen molar-refractivity contribution in [2.24, 2.45) is 5.92 Å². The summed E-state index contributed by atoms with van der Waals surface area (Å²) in [5.41, 5.74) is 5.08. The lowest BCUT2D eigenvalue weighted by atomic mass is 9.64. The number of unbranched alkanes of at least 4 members (excludes halogenated alkanes) is 3. The van der Waals surface area contributed by atoms with Crippen LogP contribution in [0.3, 0.4) is 0 Å². The molecule has 1 aliphatic rings. The maximum Gasteiger partial charge on any atom is 0.243 e. The van der Waals surface area contributed by atoms with E-state index in [0.717, 1.165) is 18.4 Å². The fraction of sp³-hybridized carbons (Fsp3) is 0.653. The summed E-state index contributed by atoms with van der Waals surface area (Å²) in [7, 11) is 0. The number of fused-ring (bicyclic) bond motifs is 1. The second-order valence-electron chi connectivity index (χ2n) is 17.4. The lowest BCUT2D eigenvalue weighted by molar-refractivity contribution is -0.116. The molecule has 0 fully saturated rings. The Morgan fingerprint density at radius 3 is 2.21 bits per heavy atom. The van der Waals surface area contributed by atoms with Crippen molar-refractivity contribution in [3.63, 3.8) is 0 Å². The molecule has 1 aliphatic carbocycles. The van der Waals surface area contributed by atoms with Gasteiger partial charge in [-0.05, 0) is 117 Å². The van der Waals surface area contributed by atoms with E-state index in [1.54, 1.807) is 36.7 Å². The molecule has 2 aromatic heterocycles. The second kappa shape index (κ2) is 19.1. The summed E-state index contributed by atoms with van der Waals surface area (Å²) in [6.07, 6.45) is 20.6. The predicted molar refractivity (Wildman–Crippen MR) is 236 cm³/mol. The van der Waals surface area contributed by atoms with Crippen LogP contribution in [0.1, 0.15) is 202 Å². The number of carbonyl (C=O) groups excluding carboxylic acids is 1. The number of rotatable bonds is 22. The van der Waals surface area contributed by atoms with E-state index in [-0.39, 0.29) is 27.6 Å². The van der Waals surface area contributed by atoms with Crippen LogP contribution in [0.5, 0.6) is 0 Å². The standard InChI is InChI=1S/C49H75NOS2/c1-12-19-20-24-27-38-32-41(46(9,13-2)14-3)52-44(38)48(11,16-5)36(8)34-49(17-6,18-7)42-33-40-39(35-47(10,15-4)45(40)53-42)30-31-50-43(51)29-28-37-25-22-21-23-26-37/h21-23,25-26,28-29,32-33,36,39H,12-20,24,27,30-31,34-35H2,1-11H3,(H,50,51). The number of hydrogen-bond acceptors (Lipinski definition) is 3. The van der Waals surface area contributed by atoms with Crippen molar-refractivity contribution in [2.45, 2.75) is 194 Å². The zero-order valence-corrected chi connectivity index (χ0v) is 37.3. The van der Waals surface area contributed by atoms with Gasteiger partial charge in [0.05, 0.1) is 0 Å². The number of amides is 1. The molecule has 1 aromatic carbocycles. The SMILES string of the molecule is CCCCCCc1cc(C(C)(CC)CC)sc1C(C)(CC)C(C)CC(CC)(CC)c1cc2c(s1)C(C)(CC)CC2CCNC(=O)C=Cc1ccccc1. The number of thiophene rings is 2. The van der Waals surface area contributed by atoms with Gasteiger partial charge in [-0.1, -0.05) is 126 Å². The first-order valence-corrected chi connectivity index (χ1v) is 23.2. The second-order valence-corrected chi connectivity index (χ2v) is 19.5. The van der Waals surface area contributed by atoms with Crippen molar-refractivity contribution in [1.29, 1.82) is 0 Å². The Kier molecular flexibility index (Phi) is 15.7. The molecule has 1 amide bonds. The molecule has 2 nitrogen and oxygen atoms in total. The number of carbonyl (C=O) groups is 1. The molecule has 3 aromatic rings. The van der Waals surface area contributed by atoms with Crippen molar-refractivity contribution < 1.29 is 4.79 Å². The molecule has 0 spiro atoms. The third-order valence-corrected chi connectivity index (χ3v) is 17.9. The number of nitrogens with one attached hydrogen (secondary N) is 1. The Labute approximate surface area is 334 Å². The van der Waals surface area contributed by atoms with Crippen LogP contribution < -0.4 is 5.32 Å². The lowest BCUT2D eigenvalue weighted by Crippen LogP contribution is -2.36. The zero-order chi connectivity index (χ0) is 38.9. The molecule has 53 heavy (non-hydrogen) atoms. The van der Waals surface area contributed by atoms with E-state index in [9.17, 15) is 4.79 Å². The highest BCUT2D eigenvalue weighted by atomic mass is 32.1. The Morgan fingerprint density at radius 1 is 0.906 bits per heavy atom. The number of benzene rings is 1. The molecule has 0 aliphatic heterocycles. The van der Waals surface area contributed by atoms with Gasteiger partial charge in [0.2, 0.25) is 5.91 Å². The predicted octanol–water partition coefficient (Wildman–Crippen LogP) is 14.8. The average Bonchev–Trinajstić information content (AvgIpc) is 3.90. The van der Waals surface area contributed by atoms with Gasteiger partial charge < -0.3 is 5.32 Å². The molecule has 0 radical (unpaired) electrons. The van der Waals surface area contributed by atoms with E-state index in [4.69, 9.17) is 0 Å². The molecule has 0 saturated heterocycles. The minimum Gasteiger partial charge on any atom is -0.353 e. The fourth-order valence-corrected chi connectivity index (χ4v) is 12.8. The van der Waals surface area contributed by atoms with Crippen molar-refractivity contribution >= 4 is 34.7 Å². The van der Waals surface area contributed by atoms with Gasteiger partial charge in [0.15, 0.2) is 0 Å². The van der Waals surface area contributed by atoms with Crippen molar-refractivity contribution in [1.82, 2.24) is 5.32 Å². The highest BCUT2D eigenvalue weighted by Crippen LogP contribution is 2.57. The van der Waals surface area contributed by atoms with Crippen LogP contribution in [-0.2, 0) is 32.9 Å². The normalized spacial score (nSPS) is 19.4. The minimum atomic E-state index is -0.00345. The molecule has 0 saturated carbocycles. The van der Waals surface area contributed by atoms with Gasteiger partial charge >= 0.3 is 0 Å². The molecule has 4 heteroatoms. The van der Waals surface area contributed by atoms with Gasteiger partial charge in [0.25, 0.3) is 0 Å². The molecule has 1 N–H and O–H groups in total. The molecule has 2 heterocycles. The first-order chi connectivity index (χ1) is 25.3. The fourth-order valence-electron chi connectivity index (χ4n) is 9.18. The molecule has 4 unspecified atom stereocenters. The van der Waals surface area contributed by atoms with Crippen molar-refractivity contribution in [3.8, 4) is 0 Å². The maximum absolute atomic E-state index is 12.7. The summed E-state index contributed by atoms with van der Waals surface area (Å²) in [6.45, 7) is 27.8. The topological polar surface area (TPSA) is 29.1 Å². The van der Waals surface area contributed by atoms with E-state index >= 15 is 0 Å². The summed E-state index contributed by atoms with van der Waals surface area (Å²) in [6, 6.07) is 15.4. The molecule has 0 bridgehead atoms. The van der Waals surface area contributed by atoms with Gasteiger partial charge in [0.1, 0.15) is 0 Å². The molecular weight excluding hydrogens is 683 g/mol. The summed E-state index contributed by atoms with van der Waals surface area (Å²) in [5, 5.41) is 3.20. The first-order valence-electron chi connectivity index (χ1n) is 21.6. The van der Waals surface area contributed by atoms with Crippen LogP contribution in [0.2, 0.25) is 0 Å². The van der Waals surface area contributed by atoms with Crippen LogP contribution in [0.4, 0.5) is 0 Å². The quantitative estimate of drug-likeness (QED) is 0.0802. The first kappa shape index (κ1) is 43.6. The van der Waals surface area contributed by atoms with Crippen LogP contribution >= 0.6 is 22.7 Å². The minimum absolute atomic E-state index is 0.00345. The van der Waals surface area contributed by atoms with E-state index in [1.807, 2.05) is 36.4 Å². The summed E-state index contributed by atoms with van der Waals surface area (Å²) < 4.78 is 0. The Bertz CT molecular complexity index is 1600. The lowest BCUT2D eigenvalue weighted by Gasteiger charge is -2.42. The van der Waals surface area contributed by atoms with E-state index in [0.29, 0.717) is 18.4 Å². The molecule has 4 atom stereocenters. The van der Waals surface area contributed by atoms with E-state index in [2.05, 4.69) is 116 Å². The van der Waals surface area contributed by atoms with Gasteiger partial charge in [-0.15, -0.1) is 22.7 Å². The van der Waals surface area contributed by atoms with Crippen molar-refractivity contribution in [3.05, 3.63) is 84.7 Å². The summed E-state index contributed by atoms with van der Waals surface area (Å²) >= 11 is 4.33. The monoisotopic (exact) mass is 758 g/mol. The van der Waals surface area contributed by atoms with Crippen LogP contribution in [-0.4, -0.2) is 12.5 Å². The van der Waals surface area contributed by atoms with Gasteiger partial charge in [0, 0.05) is 53.8 Å². The van der Waals surface area contributed by atoms with E-state index in [1.165, 1.54) is 77.0 Å². The largest absolute Gasteiger partial charge is 0.353 e. The van der Waals surface area contributed by atoms with E-state index < -0.39 is 0 Å². The average molecular weight is 758 g/mol. The highest BCUT2D eigenvalue weighted by Gasteiger charge is 2.45. The third-order valence-electron chi connectivity index (χ3n) is 14.4. The smallest absolute Gasteiger partial charge is 0.243 e. The van der Waals surface area contributed by atoms with Crippen molar-refractivity contribution in [2.75, 3.05) is 6.54 Å². The third kappa shape index (κ3) is 9.62. The maximum atomic E-state index is 12.7. The van der Waals surface area contributed by atoms with Gasteiger partial charge in [-0.2, -0.15) is 0 Å². The highest BCUT2D eigenvalue weighted by molar-refractivity contribution is 7.12. The van der Waals surface area contributed by atoms with Gasteiger partial charge in [-0.3, -0.25) is 4.79 Å². The van der Waals surface area contributed by atoms with Crippen LogP contribution in [0, 0.1) is 5.92 Å². The molecule has 4 rings (SSSR count). The molecular formula is C49H75NOS2.